The van der Waals surface area contributed by atoms with Crippen LogP contribution in [-0.2, 0) is 103 Å². The van der Waals surface area contributed by atoms with Crippen LogP contribution in [0.15, 0.2) is 200 Å². The summed E-state index contributed by atoms with van der Waals surface area (Å²) in [6.07, 6.45) is 19.1. The molecule has 0 spiro atoms. The summed E-state index contributed by atoms with van der Waals surface area (Å²) in [4.78, 5) is 67.6. The molecule has 3 aliphatic heterocycles. The van der Waals surface area contributed by atoms with Crippen molar-refractivity contribution in [3.05, 3.63) is 289 Å². The third-order valence-corrected chi connectivity index (χ3v) is 23.9. The van der Waals surface area contributed by atoms with E-state index < -0.39 is 39.5 Å². The molecule has 3 fully saturated rings. The van der Waals surface area contributed by atoms with Crippen molar-refractivity contribution < 1.29 is 80.5 Å². The fraction of sp³-hybridized carbons (Fsp3) is 0.545. The number of aliphatic hydroxyl groups excluding tert-OH is 2. The summed E-state index contributed by atoms with van der Waals surface area (Å²) < 4.78 is 63.0. The average molecular weight is 2080 g/mol. The third-order valence-electron chi connectivity index (χ3n) is 23.2. The van der Waals surface area contributed by atoms with Gasteiger partial charge < -0.3 is 88.6 Å². The standard InChI is InChI=1S/C15H21NO.C15H19NO.C15H23N.C11H23NO3.2C10H15N.C9H12O.C8H17NO3.2C8H10O.C7H17NO3S.C5H11NO3/c2*1-13-7-3-4-8-14(13)9-10-15(17)16-11-5-2-6-12-16;1-14-8-3-4-9-15(14)10-7-13-16-11-5-2-6-12-16;1-8(2)9(7-14-6)12-10(13)15-11(3,4)5;1-9-5-4-6-10(7-9)8-11(2)3;1-9-6-4-5-7-10(9)8-11(2)3;1-8-5-3-4-6-9(8)7-10-2;1-8(2,3)12-7(10)9-5-6-11-4;1-7-3-2-4-8(5-7)6-9;1-7-4-2-3-5-8(7)6-9;1-6(2)7(5-11-3)8-12(4,9)10;1-8-4-3-6-5(7)9-2/h3-4,7-8H,2,5-6,9-12H2,1H3;3-4,7-10H,2,5-6,11-12H2,1H3;3-4,8-9H,2,5-7,10-13H2,1H3;8-9H,7H2,1-6H3,(H,12,13);2*4-7H,8H2,1-3H3;3-6H,7H2,1-2H3;5-6H2,1-4H3,(H,9,10);2*2-5,9H,6H2,1H3;6-8H,5H2,1-4H3;3-4H2,1-2H3,(H,6,7)/b;10-9+;;;;;;;;;;/t;;;9-;;;;;;;7-;/m...1......1./s1. The Morgan fingerprint density at radius 1 is 0.426 bits per heavy atom. The van der Waals surface area contributed by atoms with Gasteiger partial charge in [-0.2, -0.15) is 0 Å². The average Bonchev–Trinajstić information content (AvgIpc) is 0.879. The summed E-state index contributed by atoms with van der Waals surface area (Å²) in [6, 6.07) is 66.1. The number of sulfonamides is 1. The van der Waals surface area contributed by atoms with E-state index in [2.05, 4.69) is 218 Å². The Balaban J connectivity index is 0.00000160. The van der Waals surface area contributed by atoms with Crippen LogP contribution in [0.25, 0.3) is 6.08 Å². The van der Waals surface area contributed by atoms with Gasteiger partial charge in [-0.1, -0.05) is 239 Å². The number of aliphatic hydroxyl groups is 2. The zero-order valence-corrected chi connectivity index (χ0v) is 96.8. The lowest BCUT2D eigenvalue weighted by Crippen LogP contribution is -2.44. The van der Waals surface area contributed by atoms with Gasteiger partial charge in [-0.25, -0.2) is 27.5 Å². The Kier molecular flexibility index (Phi) is 76.8. The molecule has 8 aromatic rings. The molecule has 11 rings (SSSR count). The molecule has 148 heavy (non-hydrogen) atoms. The van der Waals surface area contributed by atoms with Gasteiger partial charge in [0.1, 0.15) is 11.2 Å². The lowest BCUT2D eigenvalue weighted by Gasteiger charge is -2.26. The SMILES string of the molecule is COCCNC(=O)OC.COCCNC(=O)OC(C)(C)C.COC[C@@H](NC(=O)OC(C)(C)C)C(C)C.COC[C@@H](NS(C)(=O)=O)C(C)C.COCc1ccccc1C.Cc1cccc(CN(C)C)c1.Cc1cccc(CO)c1.Cc1ccccc1/C=C/C(=O)N1CCCCC1.Cc1ccccc1CCC(=O)N1CCCCC1.Cc1ccccc1CCCN1CCCCC1.Cc1ccccc1CN(C)C.Cc1ccccc1CO. The first-order valence-corrected chi connectivity index (χ1v) is 54.2. The Labute approximate surface area is 894 Å². The van der Waals surface area contributed by atoms with Gasteiger partial charge in [0.05, 0.1) is 65.7 Å². The fourth-order valence-electron chi connectivity index (χ4n) is 14.7. The van der Waals surface area contributed by atoms with Crippen LogP contribution in [0, 0.1) is 67.2 Å². The minimum atomic E-state index is -3.12. The number of carbonyl (C=O) groups is 5. The van der Waals surface area contributed by atoms with E-state index in [0.717, 1.165) is 87.0 Å². The largest absolute Gasteiger partial charge is 0.453 e. The zero-order chi connectivity index (χ0) is 111. The Morgan fingerprint density at radius 2 is 0.824 bits per heavy atom. The maximum absolute atomic E-state index is 12.0. The van der Waals surface area contributed by atoms with Gasteiger partial charge in [0.15, 0.2) is 0 Å². The fourth-order valence-corrected chi connectivity index (χ4v) is 15.6. The number of amides is 5. The molecular weight excluding hydrogens is 1880 g/mol. The topological polar surface area (TPSA) is 298 Å². The van der Waals surface area contributed by atoms with E-state index in [9.17, 15) is 32.4 Å². The number of carbonyl (C=O) groups excluding carboxylic acids is 5. The van der Waals surface area contributed by atoms with Crippen molar-refractivity contribution in [1.82, 2.24) is 45.2 Å². The van der Waals surface area contributed by atoms with Crippen LogP contribution < -0.4 is 20.7 Å². The molecule has 8 aromatic carbocycles. The number of benzene rings is 8. The van der Waals surface area contributed by atoms with Crippen molar-refractivity contribution in [3.63, 3.8) is 0 Å². The number of rotatable bonds is 32. The third kappa shape index (κ3) is 73.0. The maximum Gasteiger partial charge on any atom is 0.407 e. The van der Waals surface area contributed by atoms with Gasteiger partial charge in [-0.3, -0.25) is 9.59 Å². The first-order chi connectivity index (χ1) is 70.2. The number of nitrogens with one attached hydrogen (secondary N) is 4. The second-order valence-corrected chi connectivity index (χ2v) is 42.1. The van der Waals surface area contributed by atoms with E-state index >= 15 is 0 Å². The lowest BCUT2D eigenvalue weighted by atomic mass is 10.0. The lowest BCUT2D eigenvalue weighted by molar-refractivity contribution is -0.132. The van der Waals surface area contributed by atoms with Crippen LogP contribution in [0.4, 0.5) is 14.4 Å². The molecule has 3 saturated heterocycles. The summed E-state index contributed by atoms with van der Waals surface area (Å²) >= 11 is 0. The van der Waals surface area contributed by atoms with Crippen LogP contribution in [0.2, 0.25) is 0 Å². The van der Waals surface area contributed by atoms with Crippen LogP contribution >= 0.6 is 0 Å². The van der Waals surface area contributed by atoms with Gasteiger partial charge >= 0.3 is 18.3 Å². The summed E-state index contributed by atoms with van der Waals surface area (Å²) in [5.41, 5.74) is 19.4. The Hall–Kier alpha value is -10.2. The highest BCUT2D eigenvalue weighted by molar-refractivity contribution is 7.88. The minimum absolute atomic E-state index is 0.00940. The molecule has 0 unspecified atom stereocenters. The predicted octanol–water partition coefficient (Wildman–Crippen LogP) is 22.1. The first-order valence-electron chi connectivity index (χ1n) is 52.3. The minimum Gasteiger partial charge on any atom is -0.453 e. The van der Waals surface area contributed by atoms with E-state index in [1.54, 1.807) is 41.6 Å². The van der Waals surface area contributed by atoms with Crippen LogP contribution in [0.3, 0.4) is 0 Å². The van der Waals surface area contributed by atoms with Gasteiger partial charge in [0.25, 0.3) is 0 Å². The van der Waals surface area contributed by atoms with E-state index in [1.165, 1.54) is 151 Å². The number of aryl methyl sites for hydroxylation is 10. The second kappa shape index (κ2) is 82.5. The van der Waals surface area contributed by atoms with Crippen molar-refractivity contribution in [2.45, 2.75) is 264 Å². The number of nitrogens with zero attached hydrogens (tertiary/aromatic N) is 5. The normalized spacial score (nSPS) is 13.0. The molecule has 5 amide bonds. The number of piperidine rings is 3. The summed E-state index contributed by atoms with van der Waals surface area (Å²) in [5.74, 6) is 1.03. The molecule has 27 heteroatoms. The molecule has 0 aliphatic carbocycles. The van der Waals surface area contributed by atoms with Crippen LogP contribution in [-0.4, -0.2) is 259 Å². The number of likely N-dealkylation sites (tertiary alicyclic amines) is 3. The first kappa shape index (κ1) is 138. The van der Waals surface area contributed by atoms with Crippen LogP contribution in [0.5, 0.6) is 0 Å². The van der Waals surface area contributed by atoms with E-state index in [1.807, 2.05) is 190 Å². The number of hydrogen-bond acceptors (Lipinski definition) is 20. The molecule has 3 heterocycles. The molecule has 830 valence electrons. The van der Waals surface area contributed by atoms with E-state index in [4.69, 9.17) is 38.6 Å². The molecule has 0 aromatic heterocycles. The Bertz CT molecular complexity index is 4960. The monoisotopic (exact) mass is 2080 g/mol. The van der Waals surface area contributed by atoms with Crippen molar-refractivity contribution in [1.29, 1.82) is 0 Å². The molecule has 6 N–H and O–H groups in total. The molecule has 0 bridgehead atoms. The quantitative estimate of drug-likeness (QED) is 0.0130. The maximum atomic E-state index is 12.0. The highest BCUT2D eigenvalue weighted by Crippen LogP contribution is 2.20. The molecule has 0 radical (unpaired) electrons. The van der Waals surface area contributed by atoms with Gasteiger partial charge in [0.2, 0.25) is 21.8 Å². The van der Waals surface area contributed by atoms with E-state index in [0.29, 0.717) is 64.4 Å². The molecule has 2 atom stereocenters. The molecule has 3 aliphatic rings. The highest BCUT2D eigenvalue weighted by atomic mass is 32.2. The summed E-state index contributed by atoms with van der Waals surface area (Å²) in [6.45, 7) is 49.3. The second-order valence-electron chi connectivity index (χ2n) is 40.3. The molecule has 26 nitrogen and oxygen atoms in total. The zero-order valence-electron chi connectivity index (χ0n) is 96.0. The molecular formula is C121H193N9O17S. The number of methoxy groups -OCH3 is 6. The smallest absolute Gasteiger partial charge is 0.407 e. The van der Waals surface area contributed by atoms with E-state index in [-0.39, 0.29) is 37.1 Å². The van der Waals surface area contributed by atoms with Crippen molar-refractivity contribution in [2.75, 3.05) is 162 Å². The van der Waals surface area contributed by atoms with Gasteiger partial charge in [-0.15, -0.1) is 0 Å². The van der Waals surface area contributed by atoms with Crippen molar-refractivity contribution in [3.8, 4) is 0 Å². The number of ether oxygens (including phenoxy) is 8. The van der Waals surface area contributed by atoms with Crippen molar-refractivity contribution >= 4 is 46.2 Å². The highest BCUT2D eigenvalue weighted by Gasteiger charge is 2.23. The number of alkyl carbamates (subject to hydrolysis) is 3. The van der Waals surface area contributed by atoms with Gasteiger partial charge in [-0.05, 0) is 311 Å². The van der Waals surface area contributed by atoms with Crippen LogP contribution in [0.1, 0.15) is 229 Å². The van der Waals surface area contributed by atoms with Crippen molar-refractivity contribution in [2.24, 2.45) is 11.8 Å². The summed E-state index contributed by atoms with van der Waals surface area (Å²) in [7, 11) is 14.6. The predicted molar refractivity (Wildman–Crippen MR) is 610 cm³/mol. The van der Waals surface area contributed by atoms with Gasteiger partial charge in [0, 0.05) is 106 Å². The Morgan fingerprint density at radius 3 is 1.22 bits per heavy atom. The molecule has 0 saturated carbocycles. The summed E-state index contributed by atoms with van der Waals surface area (Å²) in [5, 5.41) is 25.2. The number of hydrogen-bond donors (Lipinski definition) is 6.